The smallest absolute Gasteiger partial charge is 0.150 e. The van der Waals surface area contributed by atoms with Gasteiger partial charge in [-0.05, 0) is 12.5 Å². The maximum atomic E-state index is 6.13. The summed E-state index contributed by atoms with van der Waals surface area (Å²) in [7, 11) is 0.314. The van der Waals surface area contributed by atoms with Crippen LogP contribution in [-0.4, -0.2) is 34.3 Å². The van der Waals surface area contributed by atoms with Crippen molar-refractivity contribution in [3.8, 4) is 0 Å². The molecule has 0 aromatic heterocycles. The van der Waals surface area contributed by atoms with Gasteiger partial charge in [-0.25, -0.2) is 0 Å². The lowest BCUT2D eigenvalue weighted by Crippen LogP contribution is -2.16. The van der Waals surface area contributed by atoms with Gasteiger partial charge in [0.2, 0.25) is 0 Å². The Balaban J connectivity index is 0. The van der Waals surface area contributed by atoms with Gasteiger partial charge in [0.25, 0.3) is 0 Å². The molecule has 0 N–H and O–H groups in total. The number of hydrogen-bond donors (Lipinski definition) is 0. The molecule has 0 fully saturated rings. The number of halogens is 1. The average Bonchev–Trinajstić information content (AvgIpc) is 1.94. The fourth-order valence-corrected chi connectivity index (χ4v) is 2.22. The molecule has 13 heavy (non-hydrogen) atoms. The van der Waals surface area contributed by atoms with Crippen LogP contribution in [0.3, 0.4) is 0 Å². The lowest BCUT2D eigenvalue weighted by molar-refractivity contribution is 0.0709. The van der Waals surface area contributed by atoms with Gasteiger partial charge in [-0.15, -0.1) is 0 Å². The van der Waals surface area contributed by atoms with Crippen LogP contribution in [0, 0.1) is 0 Å². The molecule has 0 saturated carbocycles. The second-order valence-electron chi connectivity index (χ2n) is 3.43. The molecule has 0 saturated heterocycles. The van der Waals surface area contributed by atoms with E-state index < -0.39 is 7.38 Å². The van der Waals surface area contributed by atoms with Gasteiger partial charge in [0.1, 0.15) is 0 Å². The number of methoxy groups -OCH3 is 1. The van der Waals surface area contributed by atoms with Gasteiger partial charge in [-0.2, -0.15) is 11.1 Å². The first-order chi connectivity index (χ1) is 5.56. The normalized spacial score (nSPS) is 11.1. The highest BCUT2D eigenvalue weighted by Crippen LogP contribution is 2.15. The molecule has 0 unspecified atom stereocenters. The van der Waals surface area contributed by atoms with Gasteiger partial charge in [-0.3, -0.25) is 0 Å². The van der Waals surface area contributed by atoms with Crippen LogP contribution in [0.2, 0.25) is 19.1 Å². The highest BCUT2D eigenvalue weighted by molar-refractivity contribution is 7.19. The second-order valence-corrected chi connectivity index (χ2v) is 10.4. The molecule has 82 valence electrons. The van der Waals surface area contributed by atoms with Crippen molar-refractivity contribution in [2.24, 2.45) is 0 Å². The largest absolute Gasteiger partial charge is 0.382 e. The number of ether oxygens (including phenoxy) is 2. The van der Waals surface area contributed by atoms with E-state index in [-0.39, 0.29) is 7.43 Å². The SMILES string of the molecule is C.COCCOCCC[Si](C)(C)Cl. The molecule has 0 aliphatic carbocycles. The predicted octanol–water partition coefficient (Wildman–Crippen LogP) is 3.12. The Kier molecular flexibility index (Phi) is 11.0. The summed E-state index contributed by atoms with van der Waals surface area (Å²) in [6, 6.07) is 1.13. The molecule has 2 nitrogen and oxygen atoms in total. The molecule has 0 aromatic carbocycles. The summed E-state index contributed by atoms with van der Waals surface area (Å²) >= 11 is 6.13. The van der Waals surface area contributed by atoms with Crippen molar-refractivity contribution < 1.29 is 9.47 Å². The first kappa shape index (κ1) is 15.9. The van der Waals surface area contributed by atoms with E-state index in [0.29, 0.717) is 13.2 Å². The maximum Gasteiger partial charge on any atom is 0.150 e. The van der Waals surface area contributed by atoms with E-state index in [4.69, 9.17) is 20.6 Å². The summed E-state index contributed by atoms with van der Waals surface area (Å²) in [6.45, 7) is 6.50. The van der Waals surface area contributed by atoms with Gasteiger partial charge in [0.05, 0.1) is 13.2 Å². The average molecular weight is 227 g/mol. The van der Waals surface area contributed by atoms with Crippen molar-refractivity contribution in [3.63, 3.8) is 0 Å². The summed E-state index contributed by atoms with van der Waals surface area (Å²) in [5, 5.41) is 0. The fourth-order valence-electron chi connectivity index (χ4n) is 0.839. The molecule has 0 atom stereocenters. The van der Waals surface area contributed by atoms with Crippen LogP contribution in [0.1, 0.15) is 13.8 Å². The van der Waals surface area contributed by atoms with Gasteiger partial charge < -0.3 is 9.47 Å². The van der Waals surface area contributed by atoms with Crippen LogP contribution in [0.25, 0.3) is 0 Å². The molecule has 0 heterocycles. The van der Waals surface area contributed by atoms with E-state index in [0.717, 1.165) is 19.1 Å². The number of hydrogen-bond acceptors (Lipinski definition) is 2. The first-order valence-electron chi connectivity index (χ1n) is 4.32. The Hall–Kier alpha value is 0.427. The first-order valence-corrected chi connectivity index (χ1v) is 8.54. The molecule has 0 bridgehead atoms. The zero-order chi connectivity index (χ0) is 9.45. The Labute approximate surface area is 88.3 Å². The van der Waals surface area contributed by atoms with Crippen molar-refractivity contribution in [2.75, 3.05) is 26.9 Å². The Bertz CT molecular complexity index is 104. The fraction of sp³-hybridized carbons (Fsp3) is 1.00. The Morgan fingerprint density at radius 2 is 1.77 bits per heavy atom. The van der Waals surface area contributed by atoms with Crippen LogP contribution >= 0.6 is 11.1 Å². The van der Waals surface area contributed by atoms with E-state index in [1.807, 2.05) is 0 Å². The predicted molar refractivity (Wildman–Crippen MR) is 62.2 cm³/mol. The van der Waals surface area contributed by atoms with Gasteiger partial charge in [0.15, 0.2) is 7.38 Å². The van der Waals surface area contributed by atoms with Crippen LogP contribution in [0.5, 0.6) is 0 Å². The van der Waals surface area contributed by atoms with Crippen LogP contribution < -0.4 is 0 Å². The van der Waals surface area contributed by atoms with E-state index in [9.17, 15) is 0 Å². The molecular weight excluding hydrogens is 204 g/mol. The monoisotopic (exact) mass is 226 g/mol. The molecule has 0 aromatic rings. The van der Waals surface area contributed by atoms with E-state index >= 15 is 0 Å². The van der Waals surface area contributed by atoms with Gasteiger partial charge in [-0.1, -0.05) is 20.5 Å². The van der Waals surface area contributed by atoms with Crippen molar-refractivity contribution in [3.05, 3.63) is 0 Å². The van der Waals surface area contributed by atoms with Crippen molar-refractivity contribution in [2.45, 2.75) is 33.0 Å². The summed E-state index contributed by atoms with van der Waals surface area (Å²) in [6.07, 6.45) is 1.08. The molecule has 0 rings (SSSR count). The third-order valence-corrected chi connectivity index (χ3v) is 3.60. The minimum absolute atomic E-state index is 0. The van der Waals surface area contributed by atoms with E-state index in [1.165, 1.54) is 0 Å². The van der Waals surface area contributed by atoms with E-state index in [1.54, 1.807) is 7.11 Å². The minimum atomic E-state index is -1.36. The highest BCUT2D eigenvalue weighted by Gasteiger charge is 2.15. The molecular formula is C9H23ClO2Si. The lowest BCUT2D eigenvalue weighted by Gasteiger charge is -2.11. The Morgan fingerprint density at radius 3 is 2.23 bits per heavy atom. The molecule has 0 spiro atoms. The third kappa shape index (κ3) is 15.2. The summed E-state index contributed by atoms with van der Waals surface area (Å²) < 4.78 is 10.2. The lowest BCUT2D eigenvalue weighted by atomic mass is 10.5. The topological polar surface area (TPSA) is 18.5 Å². The van der Waals surface area contributed by atoms with Crippen molar-refractivity contribution >= 4 is 18.5 Å². The molecule has 0 aliphatic heterocycles. The minimum Gasteiger partial charge on any atom is -0.382 e. The van der Waals surface area contributed by atoms with Crippen molar-refractivity contribution in [1.82, 2.24) is 0 Å². The van der Waals surface area contributed by atoms with Crippen molar-refractivity contribution in [1.29, 1.82) is 0 Å². The zero-order valence-electron chi connectivity index (χ0n) is 8.23. The standard InChI is InChI=1S/C8H19ClO2Si.CH4/c1-10-6-7-11-5-4-8-12(2,3)9;/h4-8H2,1-3H3;1H4. The quantitative estimate of drug-likeness (QED) is 0.377. The maximum absolute atomic E-state index is 6.13. The van der Waals surface area contributed by atoms with Crippen LogP contribution in [0.4, 0.5) is 0 Å². The van der Waals surface area contributed by atoms with Crippen LogP contribution in [-0.2, 0) is 9.47 Å². The number of rotatable bonds is 7. The van der Waals surface area contributed by atoms with E-state index in [2.05, 4.69) is 13.1 Å². The summed E-state index contributed by atoms with van der Waals surface area (Å²) in [5.74, 6) is 0. The zero-order valence-corrected chi connectivity index (χ0v) is 9.99. The summed E-state index contributed by atoms with van der Waals surface area (Å²) in [5.41, 5.74) is 0. The molecule has 4 heteroatoms. The molecule has 0 radical (unpaired) electrons. The third-order valence-electron chi connectivity index (χ3n) is 1.49. The molecule has 0 aliphatic rings. The highest BCUT2D eigenvalue weighted by atomic mass is 35.6. The summed E-state index contributed by atoms with van der Waals surface area (Å²) in [4.78, 5) is 0. The van der Waals surface area contributed by atoms with Gasteiger partial charge >= 0.3 is 0 Å². The second kappa shape index (κ2) is 9.00. The van der Waals surface area contributed by atoms with Gasteiger partial charge in [0, 0.05) is 13.7 Å². The van der Waals surface area contributed by atoms with Crippen LogP contribution in [0.15, 0.2) is 0 Å². The molecule has 0 amide bonds. The Morgan fingerprint density at radius 1 is 1.15 bits per heavy atom.